The molecule has 0 spiro atoms. The third-order valence-electron chi connectivity index (χ3n) is 5.13. The lowest BCUT2D eigenvalue weighted by Crippen LogP contribution is -2.16. The maximum Gasteiger partial charge on any atom is 0.174 e. The number of benzene rings is 3. The van der Waals surface area contributed by atoms with Crippen LogP contribution in [0.4, 0.5) is 0 Å². The summed E-state index contributed by atoms with van der Waals surface area (Å²) in [7, 11) is 0. The number of ketones is 1. The van der Waals surface area contributed by atoms with Crippen LogP contribution in [0.5, 0.6) is 17.2 Å². The highest BCUT2D eigenvalue weighted by molar-refractivity contribution is 7.99. The lowest BCUT2D eigenvalue weighted by molar-refractivity contribution is 0.102. The first-order chi connectivity index (χ1) is 15.7. The number of carbonyl (C=O) groups is 1. The van der Waals surface area contributed by atoms with E-state index < -0.39 is 0 Å². The van der Waals surface area contributed by atoms with E-state index in [9.17, 15) is 4.79 Å². The Morgan fingerprint density at radius 1 is 1.03 bits per heavy atom. The highest BCUT2D eigenvalue weighted by atomic mass is 32.2. The van der Waals surface area contributed by atoms with Crippen LogP contribution in [-0.2, 0) is 0 Å². The molecule has 0 aliphatic carbocycles. The molecule has 4 aromatic rings. The summed E-state index contributed by atoms with van der Waals surface area (Å²) in [6.45, 7) is 3.60. The molecular formula is C25H22N2O4S. The fourth-order valence-electron chi connectivity index (χ4n) is 3.64. The molecule has 0 saturated carbocycles. The molecule has 0 fully saturated rings. The summed E-state index contributed by atoms with van der Waals surface area (Å²) in [5.74, 6) is 2.40. The molecule has 162 valence electrons. The van der Waals surface area contributed by atoms with Gasteiger partial charge in [0.05, 0.1) is 23.4 Å². The van der Waals surface area contributed by atoms with Gasteiger partial charge in [0.2, 0.25) is 0 Å². The van der Waals surface area contributed by atoms with Crippen molar-refractivity contribution < 1.29 is 19.0 Å². The van der Waals surface area contributed by atoms with E-state index in [2.05, 4.69) is 4.57 Å². The van der Waals surface area contributed by atoms with Crippen LogP contribution in [0.1, 0.15) is 17.3 Å². The van der Waals surface area contributed by atoms with E-state index in [1.807, 2.05) is 55.5 Å². The van der Waals surface area contributed by atoms with E-state index in [-0.39, 0.29) is 11.5 Å². The number of imidazole rings is 1. The van der Waals surface area contributed by atoms with Gasteiger partial charge in [0, 0.05) is 11.3 Å². The first kappa shape index (κ1) is 20.5. The van der Waals surface area contributed by atoms with E-state index in [4.69, 9.17) is 19.2 Å². The Kier molecular flexibility index (Phi) is 5.73. The fourth-order valence-corrected chi connectivity index (χ4v) is 4.56. The van der Waals surface area contributed by atoms with Crippen LogP contribution in [-0.4, -0.2) is 40.9 Å². The van der Waals surface area contributed by atoms with E-state index in [0.717, 1.165) is 27.6 Å². The molecule has 1 aromatic heterocycles. The van der Waals surface area contributed by atoms with Gasteiger partial charge in [-0.3, -0.25) is 9.36 Å². The van der Waals surface area contributed by atoms with Gasteiger partial charge in [0.15, 0.2) is 22.4 Å². The lowest BCUT2D eigenvalue weighted by Gasteiger charge is -2.18. The second-order valence-corrected chi connectivity index (χ2v) is 8.16. The molecule has 3 aromatic carbocycles. The zero-order valence-electron chi connectivity index (χ0n) is 17.6. The van der Waals surface area contributed by atoms with Crippen LogP contribution in [0.3, 0.4) is 0 Å². The van der Waals surface area contributed by atoms with E-state index in [1.54, 1.807) is 18.2 Å². The van der Waals surface area contributed by atoms with E-state index in [0.29, 0.717) is 36.9 Å². The van der Waals surface area contributed by atoms with Gasteiger partial charge in [0.25, 0.3) is 0 Å². The summed E-state index contributed by atoms with van der Waals surface area (Å²) >= 11 is 1.42. The highest BCUT2D eigenvalue weighted by Gasteiger charge is 2.18. The smallest absolute Gasteiger partial charge is 0.174 e. The van der Waals surface area contributed by atoms with Crippen molar-refractivity contribution in [2.24, 2.45) is 0 Å². The van der Waals surface area contributed by atoms with Crippen LogP contribution in [0.25, 0.3) is 16.7 Å². The van der Waals surface area contributed by atoms with Crippen molar-refractivity contribution in [1.29, 1.82) is 0 Å². The zero-order valence-corrected chi connectivity index (χ0v) is 18.4. The Balaban J connectivity index is 1.42. The van der Waals surface area contributed by atoms with Crippen LogP contribution >= 0.6 is 11.8 Å². The molecule has 2 heterocycles. The van der Waals surface area contributed by atoms with Crippen molar-refractivity contribution in [3.8, 4) is 22.9 Å². The number of carbonyl (C=O) groups excluding carboxylic acids is 1. The summed E-state index contributed by atoms with van der Waals surface area (Å²) in [6.07, 6.45) is 0. The molecule has 1 aliphatic rings. The summed E-state index contributed by atoms with van der Waals surface area (Å²) in [6, 6.07) is 21.2. The number of ether oxygens (including phenoxy) is 3. The van der Waals surface area contributed by atoms with Crippen molar-refractivity contribution in [1.82, 2.24) is 9.55 Å². The Bertz CT molecular complexity index is 1270. The number of hydrogen-bond donors (Lipinski definition) is 0. The number of para-hydroxylation sites is 2. The van der Waals surface area contributed by atoms with Gasteiger partial charge in [-0.1, -0.05) is 23.9 Å². The predicted molar refractivity (Wildman–Crippen MR) is 125 cm³/mol. The molecule has 0 radical (unpaired) electrons. The second kappa shape index (κ2) is 8.96. The number of thioether (sulfide) groups is 1. The number of fused-ring (bicyclic) bond motifs is 2. The molecular weight excluding hydrogens is 424 g/mol. The summed E-state index contributed by atoms with van der Waals surface area (Å²) in [4.78, 5) is 17.7. The van der Waals surface area contributed by atoms with Crippen molar-refractivity contribution in [2.75, 3.05) is 25.6 Å². The quantitative estimate of drug-likeness (QED) is 0.288. The maximum atomic E-state index is 12.9. The molecule has 32 heavy (non-hydrogen) atoms. The van der Waals surface area contributed by atoms with Crippen LogP contribution in [0.15, 0.2) is 71.9 Å². The van der Waals surface area contributed by atoms with Crippen molar-refractivity contribution in [2.45, 2.75) is 12.1 Å². The minimum atomic E-state index is 0.0114. The first-order valence-electron chi connectivity index (χ1n) is 10.5. The van der Waals surface area contributed by atoms with Crippen molar-refractivity contribution in [3.05, 3.63) is 72.3 Å². The lowest BCUT2D eigenvalue weighted by atomic mass is 10.1. The van der Waals surface area contributed by atoms with E-state index >= 15 is 0 Å². The second-order valence-electron chi connectivity index (χ2n) is 7.22. The standard InChI is InChI=1S/C25H22N2O4S/c1-2-29-19-10-8-18(9-11-19)27-21-6-4-3-5-20(21)26-25(27)32-16-22(28)17-7-12-23-24(15-17)31-14-13-30-23/h3-12,15H,2,13-14,16H2,1H3. The third kappa shape index (κ3) is 4.03. The summed E-state index contributed by atoms with van der Waals surface area (Å²) < 4.78 is 18.8. The topological polar surface area (TPSA) is 62.6 Å². The molecule has 0 amide bonds. The van der Waals surface area contributed by atoms with Crippen molar-refractivity contribution in [3.63, 3.8) is 0 Å². The Hall–Kier alpha value is -3.45. The van der Waals surface area contributed by atoms with Gasteiger partial charge in [-0.05, 0) is 61.5 Å². The summed E-state index contributed by atoms with van der Waals surface area (Å²) in [5.41, 5.74) is 3.45. The molecule has 0 N–H and O–H groups in total. The first-order valence-corrected chi connectivity index (χ1v) is 11.5. The Labute approximate surface area is 190 Å². The molecule has 7 heteroatoms. The average molecular weight is 447 g/mol. The molecule has 0 atom stereocenters. The van der Waals surface area contributed by atoms with Gasteiger partial charge >= 0.3 is 0 Å². The Morgan fingerprint density at radius 3 is 2.62 bits per heavy atom. The van der Waals surface area contributed by atoms with Crippen LogP contribution < -0.4 is 14.2 Å². The third-order valence-corrected chi connectivity index (χ3v) is 6.07. The van der Waals surface area contributed by atoms with Gasteiger partial charge < -0.3 is 14.2 Å². The van der Waals surface area contributed by atoms with Gasteiger partial charge in [0.1, 0.15) is 19.0 Å². The van der Waals surface area contributed by atoms with Gasteiger partial charge in [-0.15, -0.1) is 0 Å². The normalized spacial score (nSPS) is 12.7. The summed E-state index contributed by atoms with van der Waals surface area (Å²) in [5, 5.41) is 0.765. The Morgan fingerprint density at radius 2 is 1.81 bits per heavy atom. The highest BCUT2D eigenvalue weighted by Crippen LogP contribution is 2.32. The van der Waals surface area contributed by atoms with Crippen molar-refractivity contribution >= 4 is 28.6 Å². The monoisotopic (exact) mass is 446 g/mol. The largest absolute Gasteiger partial charge is 0.494 e. The van der Waals surface area contributed by atoms with Gasteiger partial charge in [-0.2, -0.15) is 0 Å². The molecule has 0 unspecified atom stereocenters. The fraction of sp³-hybridized carbons (Fsp3) is 0.200. The number of aromatic nitrogens is 2. The SMILES string of the molecule is CCOc1ccc(-n2c(SCC(=O)c3ccc4c(c3)OCCO4)nc3ccccc32)cc1. The number of hydrogen-bond acceptors (Lipinski definition) is 6. The number of rotatable bonds is 7. The maximum absolute atomic E-state index is 12.9. The average Bonchev–Trinajstić information content (AvgIpc) is 3.21. The number of nitrogens with zero attached hydrogens (tertiary/aromatic N) is 2. The zero-order chi connectivity index (χ0) is 21.9. The van der Waals surface area contributed by atoms with Gasteiger partial charge in [-0.25, -0.2) is 4.98 Å². The molecule has 0 saturated heterocycles. The predicted octanol–water partition coefficient (Wildman–Crippen LogP) is 5.17. The number of Topliss-reactive ketones (excluding diaryl/α,β-unsaturated/α-hetero) is 1. The minimum absolute atomic E-state index is 0.0114. The molecule has 0 bridgehead atoms. The van der Waals surface area contributed by atoms with Crippen LogP contribution in [0.2, 0.25) is 0 Å². The molecule has 5 rings (SSSR count). The minimum Gasteiger partial charge on any atom is -0.494 e. The molecule has 6 nitrogen and oxygen atoms in total. The molecule has 1 aliphatic heterocycles. The van der Waals surface area contributed by atoms with E-state index in [1.165, 1.54) is 11.8 Å². The van der Waals surface area contributed by atoms with Crippen LogP contribution in [0, 0.1) is 0 Å².